The van der Waals surface area contributed by atoms with Crippen LogP contribution in [-0.4, -0.2) is 23.0 Å². The summed E-state index contributed by atoms with van der Waals surface area (Å²) in [7, 11) is 0. The Bertz CT molecular complexity index is 455. The number of non-ortho nitro benzene ring substituents is 1. The van der Waals surface area contributed by atoms with E-state index in [2.05, 4.69) is 11.9 Å². The molecule has 4 nitrogen and oxygen atoms in total. The van der Waals surface area contributed by atoms with Gasteiger partial charge in [-0.15, -0.1) is 6.58 Å². The summed E-state index contributed by atoms with van der Waals surface area (Å²) in [6, 6.07) is 3.44. The first kappa shape index (κ1) is 15.4. The van der Waals surface area contributed by atoms with Crippen LogP contribution in [0.15, 0.2) is 30.9 Å². The van der Waals surface area contributed by atoms with Crippen LogP contribution < -0.4 is 5.32 Å². The van der Waals surface area contributed by atoms with E-state index in [0.29, 0.717) is 6.54 Å². The number of hydrogen-bond donors (Lipinski definition) is 1. The molecule has 0 bridgehead atoms. The minimum Gasteiger partial charge on any atom is -0.384 e. The molecule has 0 aliphatic rings. The van der Waals surface area contributed by atoms with Gasteiger partial charge in [0.15, 0.2) is 0 Å². The number of thioether (sulfide) groups is 1. The predicted octanol–water partition coefficient (Wildman–Crippen LogP) is 3.86. The van der Waals surface area contributed by atoms with Crippen LogP contribution >= 0.6 is 11.8 Å². The lowest BCUT2D eigenvalue weighted by Gasteiger charge is -2.11. The van der Waals surface area contributed by atoms with Crippen LogP contribution in [0.5, 0.6) is 0 Å². The van der Waals surface area contributed by atoms with Crippen molar-refractivity contribution in [2.24, 2.45) is 0 Å². The van der Waals surface area contributed by atoms with E-state index in [1.807, 2.05) is 0 Å². The summed E-state index contributed by atoms with van der Waals surface area (Å²) >= 11 is 1.62. The number of alkyl halides is 2. The Morgan fingerprint density at radius 3 is 2.84 bits per heavy atom. The summed E-state index contributed by atoms with van der Waals surface area (Å²) in [5.74, 6) is 1.54. The average molecular weight is 288 g/mol. The molecule has 104 valence electrons. The fraction of sp³-hybridized carbons (Fsp3) is 0.333. The van der Waals surface area contributed by atoms with E-state index in [1.54, 1.807) is 17.8 Å². The highest BCUT2D eigenvalue weighted by atomic mass is 32.2. The Labute approximate surface area is 114 Å². The maximum Gasteiger partial charge on any atom is 0.270 e. The van der Waals surface area contributed by atoms with Crippen molar-refractivity contribution in [1.82, 2.24) is 0 Å². The van der Waals surface area contributed by atoms with Gasteiger partial charge in [-0.25, -0.2) is 8.78 Å². The van der Waals surface area contributed by atoms with E-state index >= 15 is 0 Å². The van der Waals surface area contributed by atoms with Crippen LogP contribution in [0.2, 0.25) is 0 Å². The molecule has 0 unspecified atom stereocenters. The zero-order valence-electron chi connectivity index (χ0n) is 10.1. The number of nitrogens with zero attached hydrogens (tertiary/aromatic N) is 1. The maximum absolute atomic E-state index is 12.8. The van der Waals surface area contributed by atoms with Gasteiger partial charge >= 0.3 is 0 Å². The number of benzene rings is 1. The highest BCUT2D eigenvalue weighted by Crippen LogP contribution is 2.30. The maximum atomic E-state index is 12.8. The molecular weight excluding hydrogens is 274 g/mol. The topological polar surface area (TPSA) is 55.2 Å². The van der Waals surface area contributed by atoms with Gasteiger partial charge < -0.3 is 5.32 Å². The molecule has 1 aromatic rings. The standard InChI is InChI=1S/C12H14F2N2O2S/c1-2-6-19-7-5-15-11-4-3-9(16(17)18)8-10(11)12(13)14/h2-4,8,12,15H,1,5-7H2. The van der Waals surface area contributed by atoms with Gasteiger partial charge in [-0.2, -0.15) is 11.8 Å². The second-order valence-electron chi connectivity index (χ2n) is 3.62. The Kier molecular flexibility index (Phi) is 6.27. The van der Waals surface area contributed by atoms with E-state index < -0.39 is 11.3 Å². The molecule has 19 heavy (non-hydrogen) atoms. The number of rotatable bonds is 8. The largest absolute Gasteiger partial charge is 0.384 e. The highest BCUT2D eigenvalue weighted by Gasteiger charge is 2.17. The first-order valence-corrected chi connectivity index (χ1v) is 6.70. The number of nitro groups is 1. The fourth-order valence-electron chi connectivity index (χ4n) is 1.43. The molecule has 0 spiro atoms. The normalized spacial score (nSPS) is 10.5. The predicted molar refractivity (Wildman–Crippen MR) is 74.1 cm³/mol. The monoisotopic (exact) mass is 288 g/mol. The lowest BCUT2D eigenvalue weighted by Crippen LogP contribution is -2.07. The fourth-order valence-corrected chi connectivity index (χ4v) is 2.01. The average Bonchev–Trinajstić information content (AvgIpc) is 2.38. The summed E-state index contributed by atoms with van der Waals surface area (Å²) in [5.41, 5.74) is -0.440. The third kappa shape index (κ3) is 4.86. The van der Waals surface area contributed by atoms with Gasteiger partial charge in [0.25, 0.3) is 12.1 Å². The molecule has 1 N–H and O–H groups in total. The molecule has 0 saturated carbocycles. The highest BCUT2D eigenvalue weighted by molar-refractivity contribution is 7.99. The van der Waals surface area contributed by atoms with E-state index in [0.717, 1.165) is 17.6 Å². The SMILES string of the molecule is C=CCSCCNc1ccc([N+](=O)[O-])cc1C(F)F. The number of nitro benzene ring substituents is 1. The van der Waals surface area contributed by atoms with Gasteiger partial charge in [-0.05, 0) is 6.07 Å². The molecule has 0 aromatic heterocycles. The Morgan fingerprint density at radius 2 is 2.26 bits per heavy atom. The summed E-state index contributed by atoms with van der Waals surface area (Å²) in [6.07, 6.45) is -0.982. The molecule has 0 saturated heterocycles. The zero-order valence-corrected chi connectivity index (χ0v) is 11.0. The minimum atomic E-state index is -2.75. The first-order valence-electron chi connectivity index (χ1n) is 5.55. The summed E-state index contributed by atoms with van der Waals surface area (Å²) in [5, 5.41) is 13.4. The quantitative estimate of drug-likeness (QED) is 0.341. The van der Waals surface area contributed by atoms with Crippen LogP contribution in [0.4, 0.5) is 20.2 Å². The third-order valence-electron chi connectivity index (χ3n) is 2.28. The van der Waals surface area contributed by atoms with Gasteiger partial charge in [0, 0.05) is 41.4 Å². The van der Waals surface area contributed by atoms with E-state index in [-0.39, 0.29) is 16.9 Å². The molecule has 0 aliphatic heterocycles. The van der Waals surface area contributed by atoms with E-state index in [9.17, 15) is 18.9 Å². The van der Waals surface area contributed by atoms with E-state index in [4.69, 9.17) is 0 Å². The van der Waals surface area contributed by atoms with Crippen molar-refractivity contribution in [3.63, 3.8) is 0 Å². The second kappa shape index (κ2) is 7.73. The lowest BCUT2D eigenvalue weighted by atomic mass is 10.1. The molecule has 0 aliphatic carbocycles. The first-order chi connectivity index (χ1) is 9.06. The van der Waals surface area contributed by atoms with Crippen molar-refractivity contribution in [2.45, 2.75) is 6.43 Å². The summed E-state index contributed by atoms with van der Waals surface area (Å²) in [4.78, 5) is 9.86. The van der Waals surface area contributed by atoms with Crippen molar-refractivity contribution < 1.29 is 13.7 Å². The molecule has 0 radical (unpaired) electrons. The zero-order chi connectivity index (χ0) is 14.3. The van der Waals surface area contributed by atoms with Crippen LogP contribution in [0.25, 0.3) is 0 Å². The molecule has 0 amide bonds. The molecule has 1 aromatic carbocycles. The Hall–Kier alpha value is -1.63. The van der Waals surface area contributed by atoms with Gasteiger partial charge in [0.05, 0.1) is 4.92 Å². The molecule has 7 heteroatoms. The second-order valence-corrected chi connectivity index (χ2v) is 4.77. The van der Waals surface area contributed by atoms with Crippen LogP contribution in [0.1, 0.15) is 12.0 Å². The van der Waals surface area contributed by atoms with Crippen molar-refractivity contribution in [2.75, 3.05) is 23.4 Å². The Balaban J connectivity index is 2.71. The van der Waals surface area contributed by atoms with Crippen molar-refractivity contribution in [3.8, 4) is 0 Å². The number of anilines is 1. The molecule has 0 atom stereocenters. The van der Waals surface area contributed by atoms with Crippen LogP contribution in [-0.2, 0) is 0 Å². The lowest BCUT2D eigenvalue weighted by molar-refractivity contribution is -0.385. The van der Waals surface area contributed by atoms with Crippen molar-refractivity contribution in [1.29, 1.82) is 0 Å². The number of halogens is 2. The van der Waals surface area contributed by atoms with Crippen LogP contribution in [0, 0.1) is 10.1 Å². The van der Waals surface area contributed by atoms with Crippen molar-refractivity contribution in [3.05, 3.63) is 46.5 Å². The number of hydrogen-bond acceptors (Lipinski definition) is 4. The molecular formula is C12H14F2N2O2S. The summed E-state index contributed by atoms with van der Waals surface area (Å²) < 4.78 is 25.6. The molecule has 0 fully saturated rings. The van der Waals surface area contributed by atoms with Crippen LogP contribution in [0.3, 0.4) is 0 Å². The third-order valence-corrected chi connectivity index (χ3v) is 3.24. The van der Waals surface area contributed by atoms with E-state index in [1.165, 1.54) is 12.1 Å². The minimum absolute atomic E-state index is 0.236. The molecule has 1 rings (SSSR count). The van der Waals surface area contributed by atoms with Gasteiger partial charge in [0.2, 0.25) is 0 Å². The molecule has 0 heterocycles. The Morgan fingerprint density at radius 1 is 1.53 bits per heavy atom. The van der Waals surface area contributed by atoms with Gasteiger partial charge in [0.1, 0.15) is 0 Å². The van der Waals surface area contributed by atoms with Gasteiger partial charge in [-0.1, -0.05) is 6.08 Å². The number of nitrogens with one attached hydrogen (secondary N) is 1. The smallest absolute Gasteiger partial charge is 0.270 e. The van der Waals surface area contributed by atoms with Gasteiger partial charge in [-0.3, -0.25) is 10.1 Å². The summed E-state index contributed by atoms with van der Waals surface area (Å²) in [6.45, 7) is 4.09. The van der Waals surface area contributed by atoms with Crippen molar-refractivity contribution >= 4 is 23.1 Å².